The molecule has 0 aliphatic rings. The highest BCUT2D eigenvalue weighted by Gasteiger charge is 2.26. The lowest BCUT2D eigenvalue weighted by Gasteiger charge is -2.17. The van der Waals surface area contributed by atoms with Crippen molar-refractivity contribution in [3.8, 4) is 17.1 Å². The number of esters is 1. The SMILES string of the molecule is COC(=O)c1ccc(C)c(S(=O)(=O)N(C)Cc2nc(-c3cccc(OC)c3)no2)c1. The van der Waals surface area contributed by atoms with Crippen LogP contribution in [-0.2, 0) is 21.3 Å². The number of carbonyl (C=O) groups excluding carboxylic acids is 1. The molecule has 2 aromatic carbocycles. The summed E-state index contributed by atoms with van der Waals surface area (Å²) in [6.45, 7) is 1.51. The molecule has 10 heteroatoms. The van der Waals surface area contributed by atoms with Gasteiger partial charge in [0.2, 0.25) is 21.7 Å². The third kappa shape index (κ3) is 4.34. The van der Waals surface area contributed by atoms with E-state index in [1.165, 1.54) is 26.3 Å². The zero-order chi connectivity index (χ0) is 21.9. The van der Waals surface area contributed by atoms with E-state index in [9.17, 15) is 13.2 Å². The van der Waals surface area contributed by atoms with E-state index in [4.69, 9.17) is 9.26 Å². The molecule has 0 bridgehead atoms. The Bertz CT molecular complexity index is 1170. The Balaban J connectivity index is 1.84. The normalized spacial score (nSPS) is 11.5. The molecule has 0 fully saturated rings. The number of aromatic nitrogens is 2. The second-order valence-electron chi connectivity index (χ2n) is 6.48. The maximum Gasteiger partial charge on any atom is 0.337 e. The molecule has 0 saturated heterocycles. The maximum absolute atomic E-state index is 13.0. The van der Waals surface area contributed by atoms with Crippen LogP contribution < -0.4 is 4.74 Å². The van der Waals surface area contributed by atoms with Gasteiger partial charge in [0, 0.05) is 12.6 Å². The molecule has 9 nitrogen and oxygen atoms in total. The Hall–Kier alpha value is -3.24. The zero-order valence-electron chi connectivity index (χ0n) is 16.9. The monoisotopic (exact) mass is 431 g/mol. The van der Waals surface area contributed by atoms with Crippen LogP contribution in [0.15, 0.2) is 51.9 Å². The largest absolute Gasteiger partial charge is 0.497 e. The van der Waals surface area contributed by atoms with Crippen LogP contribution in [0, 0.1) is 6.92 Å². The van der Waals surface area contributed by atoms with Gasteiger partial charge in [0.15, 0.2) is 0 Å². The lowest BCUT2D eigenvalue weighted by Crippen LogP contribution is -2.27. The average molecular weight is 431 g/mol. The molecule has 3 aromatic rings. The first kappa shape index (κ1) is 21.5. The van der Waals surface area contributed by atoms with Gasteiger partial charge in [0.05, 0.1) is 31.2 Å². The number of benzene rings is 2. The Kier molecular flexibility index (Phi) is 6.18. The van der Waals surface area contributed by atoms with Gasteiger partial charge in [-0.05, 0) is 36.8 Å². The summed E-state index contributed by atoms with van der Waals surface area (Å²) in [6.07, 6.45) is 0. The average Bonchev–Trinajstić information content (AvgIpc) is 3.21. The van der Waals surface area contributed by atoms with Gasteiger partial charge >= 0.3 is 5.97 Å². The van der Waals surface area contributed by atoms with Crippen LogP contribution in [0.1, 0.15) is 21.8 Å². The fourth-order valence-corrected chi connectivity index (χ4v) is 4.13. The molecular formula is C20H21N3O6S. The molecule has 1 heterocycles. The highest BCUT2D eigenvalue weighted by molar-refractivity contribution is 7.89. The fraction of sp³-hybridized carbons (Fsp3) is 0.250. The van der Waals surface area contributed by atoms with Crippen LogP contribution in [0.5, 0.6) is 5.75 Å². The fourth-order valence-electron chi connectivity index (χ4n) is 2.76. The van der Waals surface area contributed by atoms with E-state index in [0.717, 1.165) is 4.31 Å². The Morgan fingerprint density at radius 1 is 1.17 bits per heavy atom. The number of rotatable bonds is 7. The van der Waals surface area contributed by atoms with Crippen LogP contribution in [-0.4, -0.2) is 50.1 Å². The summed E-state index contributed by atoms with van der Waals surface area (Å²) in [5, 5.41) is 3.91. The highest BCUT2D eigenvalue weighted by atomic mass is 32.2. The first-order valence-corrected chi connectivity index (χ1v) is 10.3. The van der Waals surface area contributed by atoms with Gasteiger partial charge in [0.1, 0.15) is 5.75 Å². The molecule has 0 atom stereocenters. The van der Waals surface area contributed by atoms with Crippen LogP contribution in [0.25, 0.3) is 11.4 Å². The molecule has 0 amide bonds. The van der Waals surface area contributed by atoms with Crippen LogP contribution in [0.4, 0.5) is 0 Å². The Labute approximate surface area is 174 Å². The van der Waals surface area contributed by atoms with Crippen molar-refractivity contribution in [1.82, 2.24) is 14.4 Å². The van der Waals surface area contributed by atoms with Gasteiger partial charge in [-0.1, -0.05) is 23.4 Å². The number of carbonyl (C=O) groups is 1. The van der Waals surface area contributed by atoms with Gasteiger partial charge in [0.25, 0.3) is 0 Å². The van der Waals surface area contributed by atoms with E-state index in [1.54, 1.807) is 44.4 Å². The number of hydrogen-bond donors (Lipinski definition) is 0. The van der Waals surface area contributed by atoms with Crippen molar-refractivity contribution in [1.29, 1.82) is 0 Å². The molecule has 1 aromatic heterocycles. The minimum atomic E-state index is -3.92. The summed E-state index contributed by atoms with van der Waals surface area (Å²) < 4.78 is 42.3. The second kappa shape index (κ2) is 8.64. The smallest absolute Gasteiger partial charge is 0.337 e. The summed E-state index contributed by atoms with van der Waals surface area (Å²) in [5.41, 5.74) is 1.32. The summed E-state index contributed by atoms with van der Waals surface area (Å²) in [5.74, 6) is 0.465. The number of aryl methyl sites for hydroxylation is 1. The van der Waals surface area contributed by atoms with Crippen molar-refractivity contribution in [3.05, 3.63) is 59.5 Å². The molecule has 30 heavy (non-hydrogen) atoms. The van der Waals surface area contributed by atoms with Crippen molar-refractivity contribution < 1.29 is 27.2 Å². The molecule has 0 N–H and O–H groups in total. The second-order valence-corrected chi connectivity index (χ2v) is 8.49. The van der Waals surface area contributed by atoms with Gasteiger partial charge in [-0.25, -0.2) is 13.2 Å². The minimum absolute atomic E-state index is 0.000402. The molecule has 0 aliphatic carbocycles. The topological polar surface area (TPSA) is 112 Å². The predicted octanol–water partition coefficient (Wildman–Crippen LogP) is 2.66. The molecule has 0 aliphatic heterocycles. The molecule has 0 unspecified atom stereocenters. The van der Waals surface area contributed by atoms with Crippen molar-refractivity contribution >= 4 is 16.0 Å². The Morgan fingerprint density at radius 2 is 1.93 bits per heavy atom. The van der Waals surface area contributed by atoms with Crippen molar-refractivity contribution in [2.24, 2.45) is 0 Å². The van der Waals surface area contributed by atoms with E-state index in [1.807, 2.05) is 0 Å². The standard InChI is InChI=1S/C20H21N3O6S/c1-13-8-9-15(20(24)28-4)11-17(13)30(25,26)23(2)12-18-21-19(22-29-18)14-6-5-7-16(10-14)27-3/h5-11H,12H2,1-4H3. The maximum atomic E-state index is 13.0. The van der Waals surface area contributed by atoms with Crippen LogP contribution in [0.2, 0.25) is 0 Å². The number of methoxy groups -OCH3 is 2. The Morgan fingerprint density at radius 3 is 2.63 bits per heavy atom. The summed E-state index contributed by atoms with van der Waals surface area (Å²) in [6, 6.07) is 11.5. The van der Waals surface area contributed by atoms with E-state index in [0.29, 0.717) is 22.7 Å². The number of ether oxygens (including phenoxy) is 2. The van der Waals surface area contributed by atoms with Crippen molar-refractivity contribution in [2.45, 2.75) is 18.4 Å². The highest BCUT2D eigenvalue weighted by Crippen LogP contribution is 2.24. The van der Waals surface area contributed by atoms with Gasteiger partial charge < -0.3 is 14.0 Å². The summed E-state index contributed by atoms with van der Waals surface area (Å²) in [4.78, 5) is 16.0. The molecule has 158 valence electrons. The molecule has 0 spiro atoms. The van der Waals surface area contributed by atoms with Gasteiger partial charge in [-0.15, -0.1) is 0 Å². The molecular weight excluding hydrogens is 410 g/mol. The lowest BCUT2D eigenvalue weighted by molar-refractivity contribution is 0.0600. The molecule has 0 radical (unpaired) electrons. The minimum Gasteiger partial charge on any atom is -0.497 e. The first-order chi connectivity index (χ1) is 14.3. The first-order valence-electron chi connectivity index (χ1n) is 8.88. The van der Waals surface area contributed by atoms with Crippen LogP contribution >= 0.6 is 0 Å². The zero-order valence-corrected chi connectivity index (χ0v) is 17.8. The van der Waals surface area contributed by atoms with E-state index >= 15 is 0 Å². The lowest BCUT2D eigenvalue weighted by atomic mass is 10.1. The van der Waals surface area contributed by atoms with Crippen molar-refractivity contribution in [2.75, 3.05) is 21.3 Å². The van der Waals surface area contributed by atoms with E-state index in [2.05, 4.69) is 14.9 Å². The van der Waals surface area contributed by atoms with Crippen LogP contribution in [0.3, 0.4) is 0 Å². The summed E-state index contributed by atoms with van der Waals surface area (Å²) >= 11 is 0. The third-order valence-electron chi connectivity index (χ3n) is 4.45. The summed E-state index contributed by atoms with van der Waals surface area (Å²) in [7, 11) is 0.265. The van der Waals surface area contributed by atoms with Gasteiger partial charge in [-0.2, -0.15) is 9.29 Å². The van der Waals surface area contributed by atoms with E-state index in [-0.39, 0.29) is 22.9 Å². The molecule has 3 rings (SSSR count). The number of nitrogens with zero attached hydrogens (tertiary/aromatic N) is 3. The third-order valence-corrected chi connectivity index (χ3v) is 6.40. The molecule has 0 saturated carbocycles. The van der Waals surface area contributed by atoms with E-state index < -0.39 is 16.0 Å². The quantitative estimate of drug-likeness (QED) is 0.525. The van der Waals surface area contributed by atoms with Crippen molar-refractivity contribution in [3.63, 3.8) is 0 Å². The predicted molar refractivity (Wildman–Crippen MR) is 107 cm³/mol. The van der Waals surface area contributed by atoms with Gasteiger partial charge in [-0.3, -0.25) is 0 Å². The number of hydrogen-bond acceptors (Lipinski definition) is 8. The number of sulfonamides is 1.